The maximum Gasteiger partial charge on any atom is 0.240 e. The summed E-state index contributed by atoms with van der Waals surface area (Å²) in [4.78, 5) is 11.7. The first-order valence-corrected chi connectivity index (χ1v) is 8.38. The number of nitrogens with one attached hydrogen (secondary N) is 2. The number of rotatable bonds is 7. The third-order valence-corrected chi connectivity index (χ3v) is 4.72. The number of sulfonamides is 1. The highest BCUT2D eigenvalue weighted by molar-refractivity contribution is 7.89. The number of carbonyl (C=O) groups is 1. The molecule has 0 aliphatic rings. The minimum atomic E-state index is -3.63. The summed E-state index contributed by atoms with van der Waals surface area (Å²) in [5.41, 5.74) is 5.62. The molecule has 2 unspecified atom stereocenters. The minimum Gasteiger partial charge on any atom is -0.355 e. The molecule has 0 heterocycles. The van der Waals surface area contributed by atoms with Gasteiger partial charge in [-0.3, -0.25) is 4.79 Å². The predicted molar refractivity (Wildman–Crippen MR) is 89.7 cm³/mol. The van der Waals surface area contributed by atoms with Crippen LogP contribution in [0.15, 0.2) is 29.2 Å². The largest absolute Gasteiger partial charge is 0.355 e. The van der Waals surface area contributed by atoms with Gasteiger partial charge < -0.3 is 11.1 Å². The molecule has 4 N–H and O–H groups in total. The highest BCUT2D eigenvalue weighted by atomic mass is 35.5. The van der Waals surface area contributed by atoms with Crippen molar-refractivity contribution in [2.24, 2.45) is 11.7 Å². The lowest BCUT2D eigenvalue weighted by Crippen LogP contribution is -2.41. The highest BCUT2D eigenvalue weighted by Gasteiger charge is 2.17. The molecule has 0 radical (unpaired) electrons. The van der Waals surface area contributed by atoms with E-state index in [9.17, 15) is 13.2 Å². The van der Waals surface area contributed by atoms with Crippen LogP contribution in [0.25, 0.3) is 0 Å². The van der Waals surface area contributed by atoms with Crippen LogP contribution >= 0.6 is 24.0 Å². The van der Waals surface area contributed by atoms with E-state index in [4.69, 9.17) is 17.3 Å². The number of hydrogen-bond donors (Lipinski definition) is 3. The van der Waals surface area contributed by atoms with Crippen LogP contribution in [0.1, 0.15) is 13.8 Å². The van der Waals surface area contributed by atoms with E-state index in [1.165, 1.54) is 12.1 Å². The van der Waals surface area contributed by atoms with Crippen LogP contribution in [-0.4, -0.2) is 33.5 Å². The number of amides is 1. The first-order chi connectivity index (χ1) is 9.74. The topological polar surface area (TPSA) is 101 Å². The fraction of sp³-hybridized carbons (Fsp3) is 0.462. The smallest absolute Gasteiger partial charge is 0.240 e. The van der Waals surface area contributed by atoms with Crippen molar-refractivity contribution >= 4 is 39.9 Å². The van der Waals surface area contributed by atoms with Crippen molar-refractivity contribution in [3.8, 4) is 0 Å². The predicted octanol–water partition coefficient (Wildman–Crippen LogP) is 1.14. The molecule has 1 aromatic carbocycles. The van der Waals surface area contributed by atoms with E-state index in [2.05, 4.69) is 10.0 Å². The molecule has 0 aromatic heterocycles. The van der Waals surface area contributed by atoms with Gasteiger partial charge in [0.25, 0.3) is 0 Å². The molecule has 0 aliphatic heterocycles. The highest BCUT2D eigenvalue weighted by Crippen LogP contribution is 2.14. The zero-order chi connectivity index (χ0) is 16.0. The maximum atomic E-state index is 12.0. The molecular weight excluding hydrogens is 349 g/mol. The van der Waals surface area contributed by atoms with Gasteiger partial charge in [0.1, 0.15) is 0 Å². The molecule has 0 fully saturated rings. The van der Waals surface area contributed by atoms with Crippen molar-refractivity contribution in [1.82, 2.24) is 10.0 Å². The van der Waals surface area contributed by atoms with Crippen LogP contribution in [0.3, 0.4) is 0 Å². The number of halogens is 2. The van der Waals surface area contributed by atoms with Gasteiger partial charge in [0, 0.05) is 30.1 Å². The lowest BCUT2D eigenvalue weighted by molar-refractivity contribution is -0.124. The Balaban J connectivity index is 0.00000441. The lowest BCUT2D eigenvalue weighted by Gasteiger charge is -2.15. The molecule has 2 atom stereocenters. The lowest BCUT2D eigenvalue weighted by atomic mass is 10.0. The van der Waals surface area contributed by atoms with Crippen LogP contribution in [0.2, 0.25) is 5.02 Å². The van der Waals surface area contributed by atoms with E-state index in [1.54, 1.807) is 26.0 Å². The van der Waals surface area contributed by atoms with E-state index in [-0.39, 0.29) is 48.3 Å². The fourth-order valence-corrected chi connectivity index (χ4v) is 2.82. The van der Waals surface area contributed by atoms with Gasteiger partial charge in [-0.2, -0.15) is 0 Å². The zero-order valence-electron chi connectivity index (χ0n) is 12.4. The summed E-state index contributed by atoms with van der Waals surface area (Å²) in [6.45, 7) is 3.74. The Morgan fingerprint density at radius 2 is 1.95 bits per heavy atom. The summed E-state index contributed by atoms with van der Waals surface area (Å²) in [6, 6.07) is 5.71. The number of hydrogen-bond acceptors (Lipinski definition) is 4. The average Bonchev–Trinajstić information content (AvgIpc) is 2.42. The van der Waals surface area contributed by atoms with E-state index in [0.29, 0.717) is 5.02 Å². The van der Waals surface area contributed by atoms with Crippen molar-refractivity contribution in [2.75, 3.05) is 13.1 Å². The first-order valence-electron chi connectivity index (χ1n) is 6.52. The van der Waals surface area contributed by atoms with Gasteiger partial charge in [-0.25, -0.2) is 13.1 Å². The van der Waals surface area contributed by atoms with Crippen molar-refractivity contribution < 1.29 is 13.2 Å². The molecule has 1 amide bonds. The summed E-state index contributed by atoms with van der Waals surface area (Å²) in [6.07, 6.45) is 0. The van der Waals surface area contributed by atoms with Crippen LogP contribution in [0.5, 0.6) is 0 Å². The third kappa shape index (κ3) is 6.50. The Kier molecular flexibility index (Phi) is 8.95. The second-order valence-electron chi connectivity index (χ2n) is 4.79. The van der Waals surface area contributed by atoms with Crippen LogP contribution in [-0.2, 0) is 14.8 Å². The Hall–Kier alpha value is -0.860. The van der Waals surface area contributed by atoms with E-state index >= 15 is 0 Å². The SMILES string of the molecule is CC(N)C(C)C(=O)NCCNS(=O)(=O)c1cccc(Cl)c1.Cl. The molecule has 6 nitrogen and oxygen atoms in total. The van der Waals surface area contributed by atoms with Gasteiger partial charge >= 0.3 is 0 Å². The van der Waals surface area contributed by atoms with Crippen molar-refractivity contribution in [3.63, 3.8) is 0 Å². The summed E-state index contributed by atoms with van der Waals surface area (Å²) >= 11 is 5.76. The second kappa shape index (κ2) is 9.32. The van der Waals surface area contributed by atoms with Crippen molar-refractivity contribution in [1.29, 1.82) is 0 Å². The van der Waals surface area contributed by atoms with Gasteiger partial charge in [0.05, 0.1) is 4.90 Å². The molecule has 9 heteroatoms. The Morgan fingerprint density at radius 1 is 1.32 bits per heavy atom. The van der Waals surface area contributed by atoms with Crippen molar-refractivity contribution in [2.45, 2.75) is 24.8 Å². The summed E-state index contributed by atoms with van der Waals surface area (Å²) in [5, 5.41) is 2.97. The summed E-state index contributed by atoms with van der Waals surface area (Å²) in [7, 11) is -3.63. The second-order valence-corrected chi connectivity index (χ2v) is 7.00. The summed E-state index contributed by atoms with van der Waals surface area (Å²) in [5.74, 6) is -0.526. The molecule has 0 bridgehead atoms. The number of carbonyl (C=O) groups excluding carboxylic acids is 1. The number of nitrogens with two attached hydrogens (primary N) is 1. The van der Waals surface area contributed by atoms with Crippen LogP contribution < -0.4 is 15.8 Å². The molecule has 0 saturated carbocycles. The summed E-state index contributed by atoms with van der Waals surface area (Å²) < 4.78 is 26.3. The standard InChI is InChI=1S/C13H20ClN3O3S.ClH/c1-9(10(2)15)13(18)16-6-7-17-21(19,20)12-5-3-4-11(14)8-12;/h3-5,8-10,17H,6-7,15H2,1-2H3,(H,16,18);1H. The zero-order valence-corrected chi connectivity index (χ0v) is 14.8. The van der Waals surface area contributed by atoms with Crippen molar-refractivity contribution in [3.05, 3.63) is 29.3 Å². The Labute approximate surface area is 142 Å². The fourth-order valence-electron chi connectivity index (χ4n) is 1.49. The molecule has 0 saturated heterocycles. The van der Waals surface area contributed by atoms with Crippen LogP contribution in [0, 0.1) is 5.92 Å². The molecule has 0 aliphatic carbocycles. The molecular formula is C13H21Cl2N3O3S. The average molecular weight is 370 g/mol. The quantitative estimate of drug-likeness (QED) is 0.627. The molecule has 1 rings (SSSR count). The molecule has 22 heavy (non-hydrogen) atoms. The Morgan fingerprint density at radius 3 is 2.50 bits per heavy atom. The maximum absolute atomic E-state index is 12.0. The van der Waals surface area contributed by atoms with Gasteiger partial charge in [-0.1, -0.05) is 24.6 Å². The van der Waals surface area contributed by atoms with Crippen LogP contribution in [0.4, 0.5) is 0 Å². The monoisotopic (exact) mass is 369 g/mol. The number of benzene rings is 1. The first kappa shape index (κ1) is 21.1. The van der Waals surface area contributed by atoms with Gasteiger partial charge in [-0.15, -0.1) is 12.4 Å². The molecule has 1 aromatic rings. The van der Waals surface area contributed by atoms with Gasteiger partial charge in [0.2, 0.25) is 15.9 Å². The third-order valence-electron chi connectivity index (χ3n) is 3.02. The Bertz CT molecular complexity index is 594. The van der Waals surface area contributed by atoms with E-state index in [1.807, 2.05) is 0 Å². The normalized spacial score (nSPS) is 13.8. The minimum absolute atomic E-state index is 0. The molecule has 126 valence electrons. The van der Waals surface area contributed by atoms with Gasteiger partial charge in [-0.05, 0) is 25.1 Å². The van der Waals surface area contributed by atoms with E-state index in [0.717, 1.165) is 0 Å². The van der Waals surface area contributed by atoms with Gasteiger partial charge in [0.15, 0.2) is 0 Å². The van der Waals surface area contributed by atoms with E-state index < -0.39 is 10.0 Å². The molecule has 0 spiro atoms.